The quantitative estimate of drug-likeness (QED) is 0.0266. The molecule has 1 rings (SSSR count). The number of esters is 4. The Kier molecular flexibility index (Phi) is 26.5. The van der Waals surface area contributed by atoms with Gasteiger partial charge in [0.25, 0.3) is 0 Å². The van der Waals surface area contributed by atoms with E-state index in [0.717, 1.165) is 57.8 Å². The number of hydrogen-bond acceptors (Lipinski definition) is 16. The second-order valence-corrected chi connectivity index (χ2v) is 13.9. The van der Waals surface area contributed by atoms with Crippen LogP contribution in [0.4, 0.5) is 0 Å². The zero-order chi connectivity index (χ0) is 40.5. The van der Waals surface area contributed by atoms with Crippen molar-refractivity contribution in [1.82, 2.24) is 0 Å². The highest BCUT2D eigenvalue weighted by Crippen LogP contribution is 2.32. The van der Waals surface area contributed by atoms with Crippen LogP contribution in [0.2, 0.25) is 0 Å². The molecule has 1 aliphatic rings. The standard InChI is InChI=1S/C38H68O16/c1-5-9-13-14-18-22-30(44)53-36-35(52-29(43)21-17-12-8-4)34(51-28(42)20-16-11-7-3)26(24-49-27(41)19-15-10-6-2)50-38(36)54-37(48)33(47)32(46)31(45)25(40)23-39/h25-26,31-40,45-48H,5-24H2,1-4H3/t25-,26-,31-,32+,33+,34-,35+,36+,37?,38-/m1/s1. The molecular formula is C38H68O16. The van der Waals surface area contributed by atoms with Crippen molar-refractivity contribution in [3.63, 3.8) is 0 Å². The number of aliphatic hydroxyl groups is 6. The zero-order valence-corrected chi connectivity index (χ0v) is 32.7. The molecule has 0 aromatic carbocycles. The molecule has 0 amide bonds. The fourth-order valence-corrected chi connectivity index (χ4v) is 5.76. The van der Waals surface area contributed by atoms with Crippen LogP contribution < -0.4 is 0 Å². The van der Waals surface area contributed by atoms with Gasteiger partial charge < -0.3 is 59.1 Å². The summed E-state index contributed by atoms with van der Waals surface area (Å²) in [5, 5.41) is 61.1. The number of ether oxygens (including phenoxy) is 6. The average molecular weight is 781 g/mol. The zero-order valence-electron chi connectivity index (χ0n) is 32.7. The maximum Gasteiger partial charge on any atom is 0.306 e. The lowest BCUT2D eigenvalue weighted by atomic mass is 9.97. The van der Waals surface area contributed by atoms with Crippen molar-refractivity contribution in [3.8, 4) is 0 Å². The van der Waals surface area contributed by atoms with Crippen molar-refractivity contribution >= 4 is 23.9 Å². The van der Waals surface area contributed by atoms with Crippen LogP contribution in [-0.2, 0) is 47.6 Å². The second kappa shape index (κ2) is 28.9. The van der Waals surface area contributed by atoms with Crippen LogP contribution in [0.15, 0.2) is 0 Å². The monoisotopic (exact) mass is 780 g/mol. The third-order valence-electron chi connectivity index (χ3n) is 9.09. The molecule has 1 unspecified atom stereocenters. The molecule has 0 saturated carbocycles. The number of hydrogen-bond donors (Lipinski definition) is 6. The molecule has 10 atom stereocenters. The largest absolute Gasteiger partial charge is 0.463 e. The second-order valence-electron chi connectivity index (χ2n) is 13.9. The smallest absolute Gasteiger partial charge is 0.306 e. The lowest BCUT2D eigenvalue weighted by Gasteiger charge is -2.45. The van der Waals surface area contributed by atoms with Crippen LogP contribution in [0.3, 0.4) is 0 Å². The molecule has 316 valence electrons. The first kappa shape index (κ1) is 49.6. The third-order valence-corrected chi connectivity index (χ3v) is 9.09. The van der Waals surface area contributed by atoms with Crippen LogP contribution in [0, 0.1) is 0 Å². The Labute approximate surface area is 319 Å². The molecule has 1 aliphatic heterocycles. The number of carbonyl (C=O) groups is 4. The van der Waals surface area contributed by atoms with Gasteiger partial charge in [0.2, 0.25) is 6.29 Å². The van der Waals surface area contributed by atoms with E-state index in [1.807, 2.05) is 20.8 Å². The molecular weight excluding hydrogens is 712 g/mol. The Morgan fingerprint density at radius 1 is 0.537 bits per heavy atom. The van der Waals surface area contributed by atoms with Gasteiger partial charge in [-0.2, -0.15) is 0 Å². The molecule has 1 fully saturated rings. The summed E-state index contributed by atoms with van der Waals surface area (Å²) in [5.41, 5.74) is 0. The van der Waals surface area contributed by atoms with E-state index in [4.69, 9.17) is 28.4 Å². The Bertz CT molecular complexity index is 1040. The summed E-state index contributed by atoms with van der Waals surface area (Å²) in [6.45, 7) is 6.41. The van der Waals surface area contributed by atoms with Gasteiger partial charge in [0, 0.05) is 25.7 Å². The van der Waals surface area contributed by atoms with E-state index < -0.39 is 98.5 Å². The summed E-state index contributed by atoms with van der Waals surface area (Å²) in [6, 6.07) is 0. The summed E-state index contributed by atoms with van der Waals surface area (Å²) >= 11 is 0. The Hall–Kier alpha value is -2.44. The van der Waals surface area contributed by atoms with Crippen LogP contribution in [0.1, 0.15) is 143 Å². The predicted octanol–water partition coefficient (Wildman–Crippen LogP) is 2.86. The van der Waals surface area contributed by atoms with Gasteiger partial charge in [-0.3, -0.25) is 19.2 Å². The van der Waals surface area contributed by atoms with Crippen LogP contribution in [0.25, 0.3) is 0 Å². The highest BCUT2D eigenvalue weighted by atomic mass is 16.8. The van der Waals surface area contributed by atoms with Crippen molar-refractivity contribution in [1.29, 1.82) is 0 Å². The highest BCUT2D eigenvalue weighted by molar-refractivity contribution is 5.72. The van der Waals surface area contributed by atoms with Gasteiger partial charge in [-0.1, -0.05) is 91.9 Å². The molecule has 0 aromatic rings. The fraction of sp³-hybridized carbons (Fsp3) is 0.895. The molecule has 0 aliphatic carbocycles. The number of unbranched alkanes of at least 4 members (excludes halogenated alkanes) is 10. The van der Waals surface area contributed by atoms with Crippen molar-refractivity contribution in [2.24, 2.45) is 0 Å². The first-order valence-electron chi connectivity index (χ1n) is 19.9. The third kappa shape index (κ3) is 18.9. The molecule has 16 heteroatoms. The lowest BCUT2D eigenvalue weighted by molar-refractivity contribution is -0.349. The average Bonchev–Trinajstić information content (AvgIpc) is 3.15. The van der Waals surface area contributed by atoms with E-state index in [9.17, 15) is 49.8 Å². The molecule has 1 heterocycles. The van der Waals surface area contributed by atoms with Gasteiger partial charge in [-0.25, -0.2) is 0 Å². The van der Waals surface area contributed by atoms with Gasteiger partial charge in [-0.15, -0.1) is 0 Å². The Morgan fingerprint density at radius 3 is 1.46 bits per heavy atom. The summed E-state index contributed by atoms with van der Waals surface area (Å²) in [7, 11) is 0. The SMILES string of the molecule is CCCCCCCC(=O)O[C@@H]1[C@@H](OC(O)[C@@H](O)[C@@H](O)[C@H](O)[C@H](O)CO)O[C@H](COC(=O)CCCCC)[C@@H](OC(=O)CCCCC)[C@@H]1OC(=O)CCCCC. The molecule has 16 nitrogen and oxygen atoms in total. The lowest BCUT2D eigenvalue weighted by Crippen LogP contribution is -2.64. The first-order chi connectivity index (χ1) is 25.8. The van der Waals surface area contributed by atoms with E-state index in [0.29, 0.717) is 32.1 Å². The van der Waals surface area contributed by atoms with Crippen molar-refractivity contribution in [2.75, 3.05) is 13.2 Å². The number of carbonyl (C=O) groups excluding carboxylic acids is 4. The van der Waals surface area contributed by atoms with Crippen molar-refractivity contribution in [2.45, 2.75) is 205 Å². The van der Waals surface area contributed by atoms with E-state index in [2.05, 4.69) is 6.92 Å². The minimum Gasteiger partial charge on any atom is -0.463 e. The van der Waals surface area contributed by atoms with E-state index >= 15 is 0 Å². The van der Waals surface area contributed by atoms with Gasteiger partial charge in [0.05, 0.1) is 6.61 Å². The molecule has 6 N–H and O–H groups in total. The predicted molar refractivity (Wildman–Crippen MR) is 193 cm³/mol. The summed E-state index contributed by atoms with van der Waals surface area (Å²) in [6.07, 6.45) is -8.86. The summed E-state index contributed by atoms with van der Waals surface area (Å²) < 4.78 is 34.7. The molecule has 0 radical (unpaired) electrons. The Balaban J connectivity index is 3.64. The van der Waals surface area contributed by atoms with Crippen molar-refractivity contribution < 1.29 is 78.2 Å². The fourth-order valence-electron chi connectivity index (χ4n) is 5.76. The van der Waals surface area contributed by atoms with Crippen LogP contribution >= 0.6 is 0 Å². The minimum absolute atomic E-state index is 0.00200. The van der Waals surface area contributed by atoms with Gasteiger partial charge in [-0.05, 0) is 25.7 Å². The summed E-state index contributed by atoms with van der Waals surface area (Å²) in [4.78, 5) is 52.4. The maximum atomic E-state index is 13.3. The van der Waals surface area contributed by atoms with Crippen molar-refractivity contribution in [3.05, 3.63) is 0 Å². The summed E-state index contributed by atoms with van der Waals surface area (Å²) in [5.74, 6) is -2.75. The van der Waals surface area contributed by atoms with E-state index in [1.165, 1.54) is 0 Å². The topological polar surface area (TPSA) is 245 Å². The number of rotatable bonds is 30. The van der Waals surface area contributed by atoms with Crippen LogP contribution in [-0.4, -0.2) is 129 Å². The normalized spacial score (nSPS) is 22.7. The molecule has 54 heavy (non-hydrogen) atoms. The minimum atomic E-state index is -2.40. The van der Waals surface area contributed by atoms with Gasteiger partial charge >= 0.3 is 23.9 Å². The Morgan fingerprint density at radius 2 is 0.963 bits per heavy atom. The molecule has 0 bridgehead atoms. The highest BCUT2D eigenvalue weighted by Gasteiger charge is 2.54. The van der Waals surface area contributed by atoms with Gasteiger partial charge in [0.15, 0.2) is 24.6 Å². The van der Waals surface area contributed by atoms with Gasteiger partial charge in [0.1, 0.15) is 37.1 Å². The number of aliphatic hydroxyl groups excluding tert-OH is 6. The maximum absolute atomic E-state index is 13.3. The molecule has 0 spiro atoms. The van der Waals surface area contributed by atoms with E-state index in [1.54, 1.807) is 0 Å². The molecule has 1 saturated heterocycles. The van der Waals surface area contributed by atoms with E-state index in [-0.39, 0.29) is 25.7 Å². The molecule has 0 aromatic heterocycles. The van der Waals surface area contributed by atoms with Crippen LogP contribution in [0.5, 0.6) is 0 Å². The first-order valence-corrected chi connectivity index (χ1v) is 19.9.